The fourth-order valence-corrected chi connectivity index (χ4v) is 0.747. The zero-order valence-corrected chi connectivity index (χ0v) is 7.85. The van der Waals surface area contributed by atoms with Gasteiger partial charge < -0.3 is 4.43 Å². The largest absolute Gasteiger partial charge is 0.401 e. The molecule has 0 amide bonds. The molecule has 0 bridgehead atoms. The van der Waals surface area contributed by atoms with E-state index in [1.807, 2.05) is 20.8 Å². The molecule has 3 nitrogen and oxygen atoms in total. The van der Waals surface area contributed by atoms with Gasteiger partial charge in [0.1, 0.15) is 0 Å². The van der Waals surface area contributed by atoms with Gasteiger partial charge in [0.2, 0.25) is 0 Å². The van der Waals surface area contributed by atoms with Gasteiger partial charge in [-0.05, 0) is 20.8 Å². The van der Waals surface area contributed by atoms with Gasteiger partial charge in [0.25, 0.3) is 0 Å². The molecule has 0 atom stereocenters. The Morgan fingerprint density at radius 2 is 1.78 bits per heavy atom. The Balaban J connectivity index is 3.07. The highest BCUT2D eigenvalue weighted by Crippen LogP contribution is 2.05. The first-order valence-electron chi connectivity index (χ1n) is 2.86. The molecule has 0 aromatic rings. The van der Waals surface area contributed by atoms with E-state index in [9.17, 15) is 0 Å². The Morgan fingerprint density at radius 1 is 1.22 bits per heavy atom. The van der Waals surface area contributed by atoms with Crippen molar-refractivity contribution in [3.63, 3.8) is 0 Å². The van der Waals surface area contributed by atoms with E-state index in [2.05, 4.69) is 0 Å². The molecule has 0 unspecified atom stereocenters. The Labute approximate surface area is 58.3 Å². The van der Waals surface area contributed by atoms with Crippen LogP contribution in [0.15, 0.2) is 0 Å². The van der Waals surface area contributed by atoms with Gasteiger partial charge in [-0.25, -0.2) is 4.89 Å². The number of hydrogen-bond acceptors (Lipinski definition) is 3. The van der Waals surface area contributed by atoms with Gasteiger partial charge in [0.05, 0.1) is 5.60 Å². The van der Waals surface area contributed by atoms with E-state index in [1.54, 1.807) is 7.11 Å². The van der Waals surface area contributed by atoms with Crippen LogP contribution in [-0.2, 0) is 13.9 Å². The van der Waals surface area contributed by atoms with Crippen molar-refractivity contribution in [1.29, 1.82) is 0 Å². The maximum Gasteiger partial charge on any atom is 0.344 e. The normalized spacial score (nSPS) is 13.3. The van der Waals surface area contributed by atoms with Crippen molar-refractivity contribution in [1.82, 2.24) is 0 Å². The lowest BCUT2D eigenvalue weighted by Gasteiger charge is -2.16. The van der Waals surface area contributed by atoms with Crippen LogP contribution in [0.4, 0.5) is 0 Å². The molecular weight excluding hydrogens is 136 g/mol. The van der Waals surface area contributed by atoms with Crippen molar-refractivity contribution in [2.75, 3.05) is 7.11 Å². The molecule has 4 heteroatoms. The minimum atomic E-state index is -0.880. The van der Waals surface area contributed by atoms with Gasteiger partial charge in [-0.2, -0.15) is 0 Å². The van der Waals surface area contributed by atoms with Gasteiger partial charge in [0, 0.05) is 7.11 Å². The summed E-state index contributed by atoms with van der Waals surface area (Å²) >= 11 is 0. The van der Waals surface area contributed by atoms with Crippen molar-refractivity contribution in [2.45, 2.75) is 26.4 Å². The number of hydrogen-bond donors (Lipinski definition) is 0. The smallest absolute Gasteiger partial charge is 0.344 e. The van der Waals surface area contributed by atoms with Crippen LogP contribution in [0.5, 0.6) is 0 Å². The van der Waals surface area contributed by atoms with E-state index >= 15 is 0 Å². The maximum absolute atomic E-state index is 4.91. The molecular formula is C5H14O3Si. The van der Waals surface area contributed by atoms with E-state index in [-0.39, 0.29) is 5.60 Å². The van der Waals surface area contributed by atoms with E-state index < -0.39 is 10.0 Å². The average Bonchev–Trinajstić information content (AvgIpc) is 1.63. The molecule has 0 rings (SSSR count). The van der Waals surface area contributed by atoms with Crippen LogP contribution in [-0.4, -0.2) is 22.7 Å². The second-order valence-electron chi connectivity index (χ2n) is 2.72. The monoisotopic (exact) mass is 150 g/mol. The van der Waals surface area contributed by atoms with Crippen LogP contribution in [0.25, 0.3) is 0 Å². The van der Waals surface area contributed by atoms with Crippen LogP contribution < -0.4 is 0 Å². The van der Waals surface area contributed by atoms with Crippen LogP contribution in [0.1, 0.15) is 20.8 Å². The van der Waals surface area contributed by atoms with Crippen LogP contribution in [0, 0.1) is 0 Å². The molecule has 0 fully saturated rings. The summed E-state index contributed by atoms with van der Waals surface area (Å²) in [6.07, 6.45) is 0. The molecule has 0 heterocycles. The predicted octanol–water partition coefficient (Wildman–Crippen LogP) is 0.378. The van der Waals surface area contributed by atoms with Crippen molar-refractivity contribution >= 4 is 10.0 Å². The summed E-state index contributed by atoms with van der Waals surface area (Å²) in [6, 6.07) is 0. The lowest BCUT2D eigenvalue weighted by atomic mass is 10.2. The highest BCUT2D eigenvalue weighted by atomic mass is 28.3. The van der Waals surface area contributed by atoms with Gasteiger partial charge in [-0.3, -0.25) is 4.58 Å². The minimum absolute atomic E-state index is 0.217. The van der Waals surface area contributed by atoms with Crippen LogP contribution in [0.2, 0.25) is 0 Å². The first-order chi connectivity index (χ1) is 4.06. The summed E-state index contributed by atoms with van der Waals surface area (Å²) in [7, 11) is 0.729. The third-order valence-corrected chi connectivity index (χ3v) is 0.925. The third kappa shape index (κ3) is 8.10. The van der Waals surface area contributed by atoms with Gasteiger partial charge >= 0.3 is 10.0 Å². The van der Waals surface area contributed by atoms with Crippen molar-refractivity contribution in [2.24, 2.45) is 0 Å². The Morgan fingerprint density at radius 3 is 2.11 bits per heavy atom. The summed E-state index contributed by atoms with van der Waals surface area (Å²) < 4.78 is 9.49. The molecule has 0 N–H and O–H groups in total. The topological polar surface area (TPSA) is 27.7 Å². The average molecular weight is 150 g/mol. The molecule has 0 aliphatic heterocycles. The molecule has 0 aliphatic rings. The van der Waals surface area contributed by atoms with E-state index in [1.165, 1.54) is 0 Å². The van der Waals surface area contributed by atoms with Gasteiger partial charge in [0.15, 0.2) is 0 Å². The van der Waals surface area contributed by atoms with E-state index in [0.29, 0.717) is 0 Å². The summed E-state index contributed by atoms with van der Waals surface area (Å²) in [5.41, 5.74) is -0.217. The molecule has 0 saturated carbocycles. The second-order valence-corrected chi connectivity index (χ2v) is 3.77. The van der Waals surface area contributed by atoms with Gasteiger partial charge in [-0.15, -0.1) is 0 Å². The molecule has 0 spiro atoms. The summed E-state index contributed by atoms with van der Waals surface area (Å²) in [5, 5.41) is 0. The van der Waals surface area contributed by atoms with Crippen molar-refractivity contribution in [3.8, 4) is 0 Å². The standard InChI is InChI=1S/C5H14O3Si/c1-5(2,3)7-8-9-6-4/h9H2,1-4H3. The zero-order valence-electron chi connectivity index (χ0n) is 6.43. The van der Waals surface area contributed by atoms with E-state index in [0.717, 1.165) is 0 Å². The molecule has 0 aromatic heterocycles. The summed E-state index contributed by atoms with van der Waals surface area (Å²) in [6.45, 7) is 5.78. The molecule has 0 aromatic carbocycles. The second kappa shape index (κ2) is 4.00. The quantitative estimate of drug-likeness (QED) is 0.252. The van der Waals surface area contributed by atoms with Crippen molar-refractivity contribution in [3.05, 3.63) is 0 Å². The molecule has 0 saturated heterocycles. The lowest BCUT2D eigenvalue weighted by molar-refractivity contribution is -0.283. The van der Waals surface area contributed by atoms with E-state index in [4.69, 9.17) is 13.9 Å². The Hall–Kier alpha value is 0.0969. The molecule has 0 radical (unpaired) electrons. The van der Waals surface area contributed by atoms with Crippen LogP contribution >= 0.6 is 0 Å². The van der Waals surface area contributed by atoms with Gasteiger partial charge in [-0.1, -0.05) is 0 Å². The van der Waals surface area contributed by atoms with Crippen LogP contribution in [0.3, 0.4) is 0 Å². The summed E-state index contributed by atoms with van der Waals surface area (Å²) in [4.78, 5) is 4.91. The number of rotatable bonds is 3. The Bertz CT molecular complexity index is 69.1. The molecule has 0 aliphatic carbocycles. The third-order valence-electron chi connectivity index (χ3n) is 0.475. The first kappa shape index (κ1) is 9.10. The Kier molecular flexibility index (Phi) is 4.04. The summed E-state index contributed by atoms with van der Waals surface area (Å²) in [5.74, 6) is 0. The zero-order chi connectivity index (χ0) is 7.33. The fourth-order valence-electron chi connectivity index (χ4n) is 0.249. The van der Waals surface area contributed by atoms with Crippen molar-refractivity contribution < 1.29 is 13.9 Å². The lowest BCUT2D eigenvalue weighted by Crippen LogP contribution is -2.21. The minimum Gasteiger partial charge on any atom is -0.401 e. The fraction of sp³-hybridized carbons (Fsp3) is 1.00. The maximum atomic E-state index is 4.91. The highest BCUT2D eigenvalue weighted by molar-refractivity contribution is 6.17. The molecule has 56 valence electrons. The first-order valence-corrected chi connectivity index (χ1v) is 4.01. The molecule has 9 heavy (non-hydrogen) atoms. The highest BCUT2D eigenvalue weighted by Gasteiger charge is 2.10. The SMILES string of the molecule is CO[SiH2]OOC(C)(C)C. The predicted molar refractivity (Wildman–Crippen MR) is 37.5 cm³/mol.